The zero-order valence-corrected chi connectivity index (χ0v) is 22.7. The fourth-order valence-electron chi connectivity index (χ4n) is 10.1. The van der Waals surface area contributed by atoms with E-state index < -0.39 is 16.9 Å². The molecule has 1 N–H and O–H groups in total. The summed E-state index contributed by atoms with van der Waals surface area (Å²) in [5.74, 6) is 0.275. The first-order valence-electron chi connectivity index (χ1n) is 13.6. The van der Waals surface area contributed by atoms with E-state index in [0.29, 0.717) is 0 Å². The van der Waals surface area contributed by atoms with E-state index in [9.17, 15) is 20.4 Å². The van der Waals surface area contributed by atoms with Gasteiger partial charge in [0.05, 0.1) is 23.2 Å². The van der Waals surface area contributed by atoms with E-state index in [2.05, 4.69) is 52.8 Å². The molecule has 0 aliphatic heterocycles. The van der Waals surface area contributed by atoms with E-state index in [1.54, 1.807) is 0 Å². The van der Waals surface area contributed by atoms with Crippen molar-refractivity contribution in [1.29, 1.82) is 10.5 Å². The lowest BCUT2D eigenvalue weighted by Crippen LogP contribution is -2.65. The van der Waals surface area contributed by atoms with Gasteiger partial charge in [-0.1, -0.05) is 66.2 Å². The highest BCUT2D eigenvalue weighted by Crippen LogP contribution is 2.74. The summed E-state index contributed by atoms with van der Waals surface area (Å²) in [5, 5.41) is 32.2. The van der Waals surface area contributed by atoms with Gasteiger partial charge in [0.25, 0.3) is 0 Å². The van der Waals surface area contributed by atoms with E-state index in [1.165, 1.54) is 5.57 Å². The maximum atomic E-state index is 13.2. The number of aliphatic hydroxyl groups excluding tert-OH is 1. The Labute approximate surface area is 211 Å². The molecule has 0 radical (unpaired) electrons. The molecule has 4 unspecified atom stereocenters. The van der Waals surface area contributed by atoms with Gasteiger partial charge in [-0.2, -0.15) is 10.5 Å². The fourth-order valence-corrected chi connectivity index (χ4v) is 10.1. The van der Waals surface area contributed by atoms with Crippen LogP contribution in [0.15, 0.2) is 23.3 Å². The molecule has 0 aromatic rings. The van der Waals surface area contributed by atoms with Gasteiger partial charge >= 0.3 is 0 Å². The van der Waals surface area contributed by atoms with Crippen LogP contribution in [0.2, 0.25) is 0 Å². The summed E-state index contributed by atoms with van der Waals surface area (Å²) in [6.07, 6.45) is 10.2. The van der Waals surface area contributed by atoms with Gasteiger partial charge in [0.2, 0.25) is 0 Å². The Morgan fingerprint density at radius 3 is 2.26 bits per heavy atom. The van der Waals surface area contributed by atoms with Gasteiger partial charge in [-0.25, -0.2) is 0 Å². The fraction of sp³-hybridized carbons (Fsp3) is 0.774. The number of rotatable bonds is 0. The molecule has 0 aromatic carbocycles. The molecule has 8 atom stereocenters. The predicted molar refractivity (Wildman–Crippen MR) is 136 cm³/mol. The topological polar surface area (TPSA) is 84.9 Å². The van der Waals surface area contributed by atoms with Crippen LogP contribution < -0.4 is 0 Å². The molecule has 4 nitrogen and oxygen atoms in total. The van der Waals surface area contributed by atoms with Crippen molar-refractivity contribution >= 4 is 5.78 Å². The average molecular weight is 475 g/mol. The number of nitriles is 2. The van der Waals surface area contributed by atoms with Gasteiger partial charge in [0.15, 0.2) is 5.78 Å². The number of carbonyl (C=O) groups is 1. The van der Waals surface area contributed by atoms with Crippen LogP contribution in [-0.2, 0) is 4.79 Å². The Kier molecular flexibility index (Phi) is 5.03. The van der Waals surface area contributed by atoms with Crippen molar-refractivity contribution in [2.75, 3.05) is 0 Å². The lowest BCUT2D eigenvalue weighted by atomic mass is 9.34. The molecular weight excluding hydrogens is 432 g/mol. The van der Waals surface area contributed by atoms with E-state index >= 15 is 0 Å². The first kappa shape index (κ1) is 24.8. The lowest BCUT2D eigenvalue weighted by molar-refractivity contribution is -0.173. The summed E-state index contributed by atoms with van der Waals surface area (Å²) >= 11 is 0. The van der Waals surface area contributed by atoms with Gasteiger partial charge in [-0.05, 0) is 78.9 Å². The van der Waals surface area contributed by atoms with E-state index in [1.807, 2.05) is 19.9 Å². The van der Waals surface area contributed by atoms with Crippen LogP contribution in [0.1, 0.15) is 93.4 Å². The molecule has 35 heavy (non-hydrogen) atoms. The number of nitrogens with zero attached hydrogens (tertiary/aromatic N) is 2. The number of ketones is 1. The minimum absolute atomic E-state index is 0.0435. The van der Waals surface area contributed by atoms with Crippen molar-refractivity contribution < 1.29 is 9.90 Å². The number of hydrogen-bond donors (Lipinski definition) is 1. The van der Waals surface area contributed by atoms with Crippen molar-refractivity contribution in [3.05, 3.63) is 23.3 Å². The second-order valence-corrected chi connectivity index (χ2v) is 14.7. The lowest BCUT2D eigenvalue weighted by Gasteiger charge is -2.70. The minimum atomic E-state index is -0.620. The second kappa shape index (κ2) is 7.10. The molecular formula is C31H42N2O2. The van der Waals surface area contributed by atoms with Crippen molar-refractivity contribution in [3.63, 3.8) is 0 Å². The van der Waals surface area contributed by atoms with Crippen molar-refractivity contribution in [3.8, 4) is 12.1 Å². The molecule has 0 amide bonds. The van der Waals surface area contributed by atoms with E-state index in [-0.39, 0.29) is 50.8 Å². The van der Waals surface area contributed by atoms with Crippen LogP contribution in [0.25, 0.3) is 0 Å². The Balaban J connectivity index is 1.70. The monoisotopic (exact) mass is 474 g/mol. The van der Waals surface area contributed by atoms with Crippen LogP contribution in [0.4, 0.5) is 0 Å². The largest absolute Gasteiger partial charge is 0.389 e. The van der Waals surface area contributed by atoms with Crippen LogP contribution in [0.3, 0.4) is 0 Å². The molecule has 5 aliphatic rings. The highest BCUT2D eigenvalue weighted by Gasteiger charge is 2.69. The van der Waals surface area contributed by atoms with E-state index in [0.717, 1.165) is 44.9 Å². The molecule has 188 valence electrons. The summed E-state index contributed by atoms with van der Waals surface area (Å²) in [4.78, 5) is 13.2. The first-order valence-corrected chi connectivity index (χ1v) is 13.6. The number of fused-ring (bicyclic) bond motifs is 7. The van der Waals surface area contributed by atoms with Gasteiger partial charge in [-0.3, -0.25) is 4.79 Å². The second-order valence-electron chi connectivity index (χ2n) is 14.7. The van der Waals surface area contributed by atoms with Gasteiger partial charge in [-0.15, -0.1) is 0 Å². The predicted octanol–water partition coefficient (Wildman–Crippen LogP) is 6.52. The standard InChI is InChI=1S/C31H42N2O2/c1-26(2)10-12-31(18-33)13-11-30(7)24(20(31)16-26)21(34)14-23-28(5)15-19(17-32)25(35)27(3,4)22(28)8-9-29(23,30)6/h14-15,20-22,24,34H,8-13,16H2,1-7H3/t20?,21?,22?,24?,28-,29+,30+,31+/m0/s1. The number of Topliss-reactive ketones (excluding diaryl/α,β-unsaturated/α-hetero) is 1. The quantitative estimate of drug-likeness (QED) is 0.405. The molecule has 0 bridgehead atoms. The zero-order chi connectivity index (χ0) is 25.8. The highest BCUT2D eigenvalue weighted by atomic mass is 16.3. The maximum absolute atomic E-state index is 13.2. The Morgan fingerprint density at radius 1 is 0.971 bits per heavy atom. The molecule has 0 spiro atoms. The van der Waals surface area contributed by atoms with Crippen LogP contribution in [-0.4, -0.2) is 17.0 Å². The molecule has 3 saturated carbocycles. The molecule has 0 saturated heterocycles. The molecule has 3 fully saturated rings. The number of hydrogen-bond acceptors (Lipinski definition) is 4. The Hall–Kier alpha value is -1.91. The summed E-state index contributed by atoms with van der Waals surface area (Å²) < 4.78 is 0. The number of carbonyl (C=O) groups excluding carboxylic acids is 1. The molecule has 5 rings (SSSR count). The van der Waals surface area contributed by atoms with Gasteiger partial charge < -0.3 is 5.11 Å². The Morgan fingerprint density at radius 2 is 1.63 bits per heavy atom. The van der Waals surface area contributed by atoms with Crippen LogP contribution >= 0.6 is 0 Å². The smallest absolute Gasteiger partial charge is 0.178 e. The first-order chi connectivity index (χ1) is 16.1. The highest BCUT2D eigenvalue weighted by molar-refractivity contribution is 6.04. The minimum Gasteiger partial charge on any atom is -0.389 e. The maximum Gasteiger partial charge on any atom is 0.178 e. The normalized spacial score (nSPS) is 49.6. The molecule has 4 heteroatoms. The van der Waals surface area contributed by atoms with Crippen molar-refractivity contribution in [2.24, 2.45) is 50.2 Å². The van der Waals surface area contributed by atoms with Gasteiger partial charge in [0, 0.05) is 10.8 Å². The van der Waals surface area contributed by atoms with E-state index in [4.69, 9.17) is 0 Å². The SMILES string of the molecule is CC1(C)CC[C@]2(C#N)CC[C@]3(C)C(C(O)C=C4[C@@]5(C)C=C(C#N)C(=O)C(C)(C)C5CC[C@]43C)C2C1. The molecule has 0 heterocycles. The summed E-state index contributed by atoms with van der Waals surface area (Å²) in [6, 6.07) is 4.98. The average Bonchev–Trinajstić information content (AvgIpc) is 2.77. The van der Waals surface area contributed by atoms with Crippen LogP contribution in [0, 0.1) is 72.9 Å². The molecule has 0 aromatic heterocycles. The van der Waals surface area contributed by atoms with Crippen LogP contribution in [0.5, 0.6) is 0 Å². The third-order valence-electron chi connectivity index (χ3n) is 12.3. The summed E-state index contributed by atoms with van der Waals surface area (Å²) in [6.45, 7) is 15.6. The number of allylic oxidation sites excluding steroid dienone is 3. The molecule has 5 aliphatic carbocycles. The van der Waals surface area contributed by atoms with Gasteiger partial charge in [0.1, 0.15) is 6.07 Å². The van der Waals surface area contributed by atoms with Crippen molar-refractivity contribution in [1.82, 2.24) is 0 Å². The Bertz CT molecular complexity index is 1130. The zero-order valence-electron chi connectivity index (χ0n) is 22.7. The summed E-state index contributed by atoms with van der Waals surface area (Å²) in [7, 11) is 0. The third kappa shape index (κ3) is 2.90. The number of aliphatic hydroxyl groups is 1. The third-order valence-corrected chi connectivity index (χ3v) is 12.3. The van der Waals surface area contributed by atoms with Crippen molar-refractivity contribution in [2.45, 2.75) is 99.5 Å². The summed E-state index contributed by atoms with van der Waals surface area (Å²) in [5.41, 5.74) is -0.0299.